The number of aromatic nitrogens is 4. The van der Waals surface area contributed by atoms with E-state index in [0.29, 0.717) is 22.6 Å². The molecular weight excluding hydrogens is 326 g/mol. The second-order valence-corrected chi connectivity index (χ2v) is 6.86. The first kappa shape index (κ1) is 16.8. The normalized spacial score (nSPS) is 17.8. The van der Waals surface area contributed by atoms with Crippen LogP contribution in [0.25, 0.3) is 5.69 Å². The van der Waals surface area contributed by atoms with Gasteiger partial charge < -0.3 is 9.64 Å². The molecule has 1 aliphatic heterocycles. The number of tetrazole rings is 1. The number of benzene rings is 1. The van der Waals surface area contributed by atoms with Gasteiger partial charge in [-0.15, -0.1) is 5.10 Å². The zero-order chi connectivity index (χ0) is 16.9. The molecule has 0 aliphatic carbocycles. The van der Waals surface area contributed by atoms with Crippen molar-refractivity contribution in [2.75, 3.05) is 26.0 Å². The highest BCUT2D eigenvalue weighted by atomic mass is 32.2. The molecule has 2 heterocycles. The lowest BCUT2D eigenvalue weighted by Crippen LogP contribution is -2.40. The van der Waals surface area contributed by atoms with E-state index in [0.717, 1.165) is 25.2 Å². The van der Waals surface area contributed by atoms with Crippen molar-refractivity contribution in [3.63, 3.8) is 0 Å². The third-order valence-electron chi connectivity index (χ3n) is 4.09. The van der Waals surface area contributed by atoms with Gasteiger partial charge in [0.25, 0.3) is 0 Å². The van der Waals surface area contributed by atoms with Gasteiger partial charge >= 0.3 is 0 Å². The topological polar surface area (TPSA) is 73.1 Å². The molecule has 1 aliphatic rings. The van der Waals surface area contributed by atoms with Crippen LogP contribution in [0, 0.1) is 5.92 Å². The molecule has 3 rings (SSSR count). The molecule has 1 unspecified atom stereocenters. The maximum absolute atomic E-state index is 12.4. The van der Waals surface area contributed by atoms with Crippen LogP contribution in [0.1, 0.15) is 19.8 Å². The van der Waals surface area contributed by atoms with Gasteiger partial charge in [-0.25, -0.2) is 0 Å². The molecular formula is C16H21N5O2S. The number of para-hydroxylation sites is 2. The first-order valence-corrected chi connectivity index (χ1v) is 9.00. The number of piperidine rings is 1. The monoisotopic (exact) mass is 347 g/mol. The third kappa shape index (κ3) is 3.69. The second kappa shape index (κ2) is 7.65. The fourth-order valence-corrected chi connectivity index (χ4v) is 3.64. The van der Waals surface area contributed by atoms with Gasteiger partial charge in [-0.05, 0) is 41.3 Å². The van der Waals surface area contributed by atoms with Crippen molar-refractivity contribution in [3.8, 4) is 11.4 Å². The lowest BCUT2D eigenvalue weighted by molar-refractivity contribution is -0.130. The summed E-state index contributed by atoms with van der Waals surface area (Å²) in [5, 5.41) is 12.4. The lowest BCUT2D eigenvalue weighted by Gasteiger charge is -2.30. The summed E-state index contributed by atoms with van der Waals surface area (Å²) in [5.41, 5.74) is 0.756. The van der Waals surface area contributed by atoms with Crippen molar-refractivity contribution in [2.24, 2.45) is 5.92 Å². The van der Waals surface area contributed by atoms with E-state index in [-0.39, 0.29) is 5.91 Å². The van der Waals surface area contributed by atoms with Crippen molar-refractivity contribution >= 4 is 17.7 Å². The lowest BCUT2D eigenvalue weighted by atomic mass is 10.0. The number of hydrogen-bond donors (Lipinski definition) is 0. The molecule has 1 saturated heterocycles. The van der Waals surface area contributed by atoms with Gasteiger partial charge in [0, 0.05) is 13.1 Å². The number of likely N-dealkylation sites (tertiary alicyclic amines) is 1. The Hall–Kier alpha value is -2.09. The average Bonchev–Trinajstić information content (AvgIpc) is 3.08. The standard InChI is InChI=1S/C16H21N5O2S/c1-12-6-5-9-20(10-12)15(22)11-24-16-17-18-19-21(16)13-7-3-4-8-14(13)23-2/h3-4,7-8,12H,5-6,9-11H2,1-2H3. The number of amides is 1. The molecule has 2 aromatic rings. The number of rotatable bonds is 5. The number of nitrogens with zero attached hydrogens (tertiary/aromatic N) is 5. The summed E-state index contributed by atoms with van der Waals surface area (Å²) in [7, 11) is 1.61. The second-order valence-electron chi connectivity index (χ2n) is 5.92. The predicted molar refractivity (Wildman–Crippen MR) is 91.4 cm³/mol. The number of thioether (sulfide) groups is 1. The summed E-state index contributed by atoms with van der Waals surface area (Å²) >= 11 is 1.35. The number of carbonyl (C=O) groups excluding carboxylic acids is 1. The predicted octanol–water partition coefficient (Wildman–Crippen LogP) is 2.02. The Morgan fingerprint density at radius 2 is 2.25 bits per heavy atom. The van der Waals surface area contributed by atoms with Crippen molar-refractivity contribution in [1.82, 2.24) is 25.1 Å². The fraction of sp³-hybridized carbons (Fsp3) is 0.500. The average molecular weight is 347 g/mol. The Bertz CT molecular complexity index is 705. The number of carbonyl (C=O) groups is 1. The summed E-state index contributed by atoms with van der Waals surface area (Å²) in [6, 6.07) is 7.52. The molecule has 1 aromatic heterocycles. The minimum absolute atomic E-state index is 0.140. The Kier molecular flexibility index (Phi) is 5.34. The molecule has 1 aromatic carbocycles. The highest BCUT2D eigenvalue weighted by Crippen LogP contribution is 2.26. The van der Waals surface area contributed by atoms with Gasteiger partial charge in [0.15, 0.2) is 0 Å². The molecule has 8 heteroatoms. The highest BCUT2D eigenvalue weighted by Gasteiger charge is 2.22. The van der Waals surface area contributed by atoms with Crippen molar-refractivity contribution in [1.29, 1.82) is 0 Å². The van der Waals surface area contributed by atoms with Gasteiger partial charge in [-0.3, -0.25) is 4.79 Å². The van der Waals surface area contributed by atoms with E-state index in [2.05, 4.69) is 22.4 Å². The summed E-state index contributed by atoms with van der Waals surface area (Å²) < 4.78 is 6.96. The van der Waals surface area contributed by atoms with Gasteiger partial charge in [0.05, 0.1) is 12.9 Å². The summed E-state index contributed by atoms with van der Waals surface area (Å²) in [6.07, 6.45) is 2.28. The number of methoxy groups -OCH3 is 1. The van der Waals surface area contributed by atoms with Crippen molar-refractivity contribution in [2.45, 2.75) is 24.9 Å². The van der Waals surface area contributed by atoms with Crippen LogP contribution < -0.4 is 4.74 Å². The van der Waals surface area contributed by atoms with Crippen LogP contribution >= 0.6 is 11.8 Å². The van der Waals surface area contributed by atoms with E-state index in [9.17, 15) is 4.79 Å². The summed E-state index contributed by atoms with van der Waals surface area (Å²) in [4.78, 5) is 14.4. The van der Waals surface area contributed by atoms with Gasteiger partial charge in [-0.1, -0.05) is 30.8 Å². The van der Waals surface area contributed by atoms with Crippen LogP contribution in [0.2, 0.25) is 0 Å². The molecule has 0 radical (unpaired) electrons. The largest absolute Gasteiger partial charge is 0.494 e. The van der Waals surface area contributed by atoms with Crippen LogP contribution in [0.3, 0.4) is 0 Å². The molecule has 0 spiro atoms. The minimum Gasteiger partial charge on any atom is -0.494 e. The van der Waals surface area contributed by atoms with Gasteiger partial charge in [0.1, 0.15) is 11.4 Å². The maximum atomic E-state index is 12.4. The Morgan fingerprint density at radius 1 is 1.42 bits per heavy atom. The molecule has 1 fully saturated rings. The maximum Gasteiger partial charge on any atom is 0.233 e. The summed E-state index contributed by atoms with van der Waals surface area (Å²) in [5.74, 6) is 1.73. The van der Waals surface area contributed by atoms with Crippen LogP contribution in [0.5, 0.6) is 5.75 Å². The molecule has 128 valence electrons. The first-order valence-electron chi connectivity index (χ1n) is 8.01. The highest BCUT2D eigenvalue weighted by molar-refractivity contribution is 7.99. The van der Waals surface area contributed by atoms with E-state index in [4.69, 9.17) is 4.74 Å². The number of hydrogen-bond acceptors (Lipinski definition) is 6. The van der Waals surface area contributed by atoms with E-state index >= 15 is 0 Å². The molecule has 1 amide bonds. The van der Waals surface area contributed by atoms with E-state index < -0.39 is 0 Å². The molecule has 24 heavy (non-hydrogen) atoms. The van der Waals surface area contributed by atoms with Crippen LogP contribution in [0.15, 0.2) is 29.4 Å². The zero-order valence-electron chi connectivity index (χ0n) is 13.9. The van der Waals surface area contributed by atoms with Gasteiger partial charge in [0.2, 0.25) is 11.1 Å². The molecule has 0 bridgehead atoms. The van der Waals surface area contributed by atoms with Crippen LogP contribution in [-0.2, 0) is 4.79 Å². The van der Waals surface area contributed by atoms with E-state index in [1.54, 1.807) is 11.8 Å². The smallest absolute Gasteiger partial charge is 0.233 e. The van der Waals surface area contributed by atoms with Crippen molar-refractivity contribution in [3.05, 3.63) is 24.3 Å². The van der Waals surface area contributed by atoms with E-state index in [1.807, 2.05) is 29.2 Å². The third-order valence-corrected chi connectivity index (χ3v) is 4.99. The molecule has 0 N–H and O–H groups in total. The molecule has 7 nitrogen and oxygen atoms in total. The van der Waals surface area contributed by atoms with Gasteiger partial charge in [-0.2, -0.15) is 4.68 Å². The summed E-state index contributed by atoms with van der Waals surface area (Å²) in [6.45, 7) is 3.88. The number of ether oxygens (including phenoxy) is 1. The molecule has 0 saturated carbocycles. The van der Waals surface area contributed by atoms with Crippen LogP contribution in [-0.4, -0.2) is 57.0 Å². The Balaban J connectivity index is 1.69. The van der Waals surface area contributed by atoms with Crippen molar-refractivity contribution < 1.29 is 9.53 Å². The first-order chi connectivity index (χ1) is 11.7. The zero-order valence-corrected chi connectivity index (χ0v) is 14.7. The minimum atomic E-state index is 0.140. The molecule has 1 atom stereocenters. The SMILES string of the molecule is COc1ccccc1-n1nnnc1SCC(=O)N1CCCC(C)C1. The quantitative estimate of drug-likeness (QED) is 0.771. The van der Waals surface area contributed by atoms with Crippen LogP contribution in [0.4, 0.5) is 0 Å². The van der Waals surface area contributed by atoms with E-state index in [1.165, 1.54) is 18.2 Å². The fourth-order valence-electron chi connectivity index (χ4n) is 2.86. The Morgan fingerprint density at radius 3 is 3.04 bits per heavy atom. The Labute approximate surface area is 145 Å².